The first-order valence-corrected chi connectivity index (χ1v) is 6.85. The number of amides is 1. The number of hydrogen-bond donors (Lipinski definition) is 1. The van der Waals surface area contributed by atoms with Gasteiger partial charge in [0, 0.05) is 18.9 Å². The number of rotatable bonds is 5. The summed E-state index contributed by atoms with van der Waals surface area (Å²) in [6, 6.07) is 10.4. The molecule has 3 rings (SSSR count). The Morgan fingerprint density at radius 1 is 1.25 bits per heavy atom. The molecule has 4 heteroatoms. The van der Waals surface area contributed by atoms with E-state index in [0.29, 0.717) is 36.0 Å². The number of carbonyl (C=O) groups excluding carboxylic acids is 1. The lowest BCUT2D eigenvalue weighted by molar-refractivity contribution is -0.121. The zero-order valence-corrected chi connectivity index (χ0v) is 11.1. The van der Waals surface area contributed by atoms with Crippen molar-refractivity contribution in [3.05, 3.63) is 48.0 Å². The number of hydrogen-bond acceptors (Lipinski definition) is 2. The molecule has 1 amide bonds. The van der Waals surface area contributed by atoms with Crippen LogP contribution >= 0.6 is 0 Å². The van der Waals surface area contributed by atoms with Gasteiger partial charge in [0.05, 0.1) is 5.56 Å². The quantitative estimate of drug-likeness (QED) is 0.908. The van der Waals surface area contributed by atoms with Gasteiger partial charge in [-0.1, -0.05) is 12.1 Å². The van der Waals surface area contributed by atoms with Gasteiger partial charge in [-0.25, -0.2) is 4.39 Å². The molecular formula is C16H16FNO2. The Bertz CT molecular complexity index is 616. The first-order chi connectivity index (χ1) is 9.72. The lowest BCUT2D eigenvalue weighted by Gasteiger charge is -2.01. The van der Waals surface area contributed by atoms with Crippen LogP contribution in [0.1, 0.15) is 25.0 Å². The highest BCUT2D eigenvalue weighted by Gasteiger charge is 2.23. The minimum absolute atomic E-state index is 0.0522. The molecule has 1 N–H and O–H groups in total. The van der Waals surface area contributed by atoms with E-state index in [0.717, 1.165) is 12.8 Å². The second-order valence-electron chi connectivity index (χ2n) is 5.09. The normalized spacial score (nSPS) is 14.2. The van der Waals surface area contributed by atoms with Crippen molar-refractivity contribution in [1.82, 2.24) is 5.32 Å². The lowest BCUT2D eigenvalue weighted by atomic mass is 10.1. The second-order valence-corrected chi connectivity index (χ2v) is 5.09. The van der Waals surface area contributed by atoms with Crippen LogP contribution in [-0.2, 0) is 11.2 Å². The van der Waals surface area contributed by atoms with Gasteiger partial charge in [0.2, 0.25) is 5.91 Å². The topological polar surface area (TPSA) is 42.2 Å². The van der Waals surface area contributed by atoms with Crippen LogP contribution in [-0.4, -0.2) is 11.9 Å². The molecule has 1 aromatic heterocycles. The molecule has 0 atom stereocenters. The van der Waals surface area contributed by atoms with Crippen LogP contribution in [0, 0.1) is 5.82 Å². The van der Waals surface area contributed by atoms with E-state index in [1.54, 1.807) is 30.3 Å². The van der Waals surface area contributed by atoms with Gasteiger partial charge in [0.15, 0.2) is 0 Å². The van der Waals surface area contributed by atoms with E-state index in [1.165, 1.54) is 6.07 Å². The SMILES string of the molecule is O=C(CCc1ccc(-c2ccccc2F)o1)NC1CC1. The predicted octanol–water partition coefficient (Wildman–Crippen LogP) is 3.30. The molecule has 2 aromatic rings. The van der Waals surface area contributed by atoms with Crippen LogP contribution < -0.4 is 5.32 Å². The molecule has 1 fully saturated rings. The maximum absolute atomic E-state index is 13.6. The van der Waals surface area contributed by atoms with E-state index in [-0.39, 0.29) is 11.7 Å². The highest BCUT2D eigenvalue weighted by molar-refractivity contribution is 5.76. The van der Waals surface area contributed by atoms with Crippen molar-refractivity contribution in [2.75, 3.05) is 0 Å². The molecule has 0 saturated heterocycles. The van der Waals surface area contributed by atoms with Crippen molar-refractivity contribution >= 4 is 5.91 Å². The third-order valence-corrected chi connectivity index (χ3v) is 3.34. The largest absolute Gasteiger partial charge is 0.461 e. The Morgan fingerprint density at radius 3 is 2.80 bits per heavy atom. The van der Waals surface area contributed by atoms with Crippen molar-refractivity contribution < 1.29 is 13.6 Å². The van der Waals surface area contributed by atoms with Gasteiger partial charge in [-0.2, -0.15) is 0 Å². The van der Waals surface area contributed by atoms with E-state index < -0.39 is 0 Å². The maximum atomic E-state index is 13.6. The van der Waals surface area contributed by atoms with Gasteiger partial charge in [0.1, 0.15) is 17.3 Å². The molecular weight excluding hydrogens is 257 g/mol. The second kappa shape index (κ2) is 5.49. The smallest absolute Gasteiger partial charge is 0.220 e. The van der Waals surface area contributed by atoms with Crippen molar-refractivity contribution in [3.8, 4) is 11.3 Å². The van der Waals surface area contributed by atoms with E-state index in [9.17, 15) is 9.18 Å². The number of nitrogens with one attached hydrogen (secondary N) is 1. The van der Waals surface area contributed by atoms with Gasteiger partial charge in [-0.3, -0.25) is 4.79 Å². The molecule has 20 heavy (non-hydrogen) atoms. The molecule has 1 saturated carbocycles. The average Bonchev–Trinajstić information content (AvgIpc) is 3.12. The monoisotopic (exact) mass is 273 g/mol. The Morgan fingerprint density at radius 2 is 2.05 bits per heavy atom. The molecule has 0 unspecified atom stereocenters. The van der Waals surface area contributed by atoms with E-state index in [2.05, 4.69) is 5.32 Å². The summed E-state index contributed by atoms with van der Waals surface area (Å²) in [6.07, 6.45) is 3.11. The van der Waals surface area contributed by atoms with Gasteiger partial charge >= 0.3 is 0 Å². The van der Waals surface area contributed by atoms with Crippen LogP contribution in [0.5, 0.6) is 0 Å². The summed E-state index contributed by atoms with van der Waals surface area (Å²) >= 11 is 0. The molecule has 1 aromatic carbocycles. The Labute approximate surface area is 116 Å². The number of benzene rings is 1. The Kier molecular flexibility index (Phi) is 3.54. The van der Waals surface area contributed by atoms with Crippen LogP contribution in [0.4, 0.5) is 4.39 Å². The summed E-state index contributed by atoms with van der Waals surface area (Å²) in [5.74, 6) is 0.950. The molecule has 104 valence electrons. The third kappa shape index (κ3) is 3.07. The molecule has 1 heterocycles. The molecule has 0 radical (unpaired) electrons. The first kappa shape index (κ1) is 12.9. The Balaban J connectivity index is 1.61. The fourth-order valence-electron chi connectivity index (χ4n) is 2.08. The van der Waals surface area contributed by atoms with Gasteiger partial charge in [-0.15, -0.1) is 0 Å². The summed E-state index contributed by atoms with van der Waals surface area (Å²) < 4.78 is 19.2. The average molecular weight is 273 g/mol. The molecule has 3 nitrogen and oxygen atoms in total. The molecule has 0 bridgehead atoms. The van der Waals surface area contributed by atoms with Crippen molar-refractivity contribution in [3.63, 3.8) is 0 Å². The Hall–Kier alpha value is -2.10. The van der Waals surface area contributed by atoms with E-state index >= 15 is 0 Å². The van der Waals surface area contributed by atoms with Crippen LogP contribution in [0.2, 0.25) is 0 Å². The summed E-state index contributed by atoms with van der Waals surface area (Å²) in [5, 5.41) is 2.93. The lowest BCUT2D eigenvalue weighted by Crippen LogP contribution is -2.25. The van der Waals surface area contributed by atoms with Crippen molar-refractivity contribution in [2.24, 2.45) is 0 Å². The molecule has 1 aliphatic rings. The summed E-state index contributed by atoms with van der Waals surface area (Å²) in [5.41, 5.74) is 0.446. The number of halogens is 1. The number of carbonyl (C=O) groups is 1. The number of furan rings is 1. The zero-order valence-electron chi connectivity index (χ0n) is 11.1. The highest BCUT2D eigenvalue weighted by Crippen LogP contribution is 2.25. The standard InChI is InChI=1S/C16H16FNO2/c17-14-4-2-1-3-13(14)15-9-7-12(20-15)8-10-16(19)18-11-5-6-11/h1-4,7,9,11H,5-6,8,10H2,(H,18,19). The highest BCUT2D eigenvalue weighted by atomic mass is 19.1. The van der Waals surface area contributed by atoms with E-state index in [4.69, 9.17) is 4.42 Å². The van der Waals surface area contributed by atoms with Gasteiger partial charge in [-0.05, 0) is 37.1 Å². The number of aryl methyl sites for hydroxylation is 1. The summed E-state index contributed by atoms with van der Waals surface area (Å²) in [7, 11) is 0. The van der Waals surface area contributed by atoms with Crippen molar-refractivity contribution in [2.45, 2.75) is 31.7 Å². The van der Waals surface area contributed by atoms with Gasteiger partial charge in [0.25, 0.3) is 0 Å². The molecule has 0 aliphatic heterocycles. The fourth-order valence-corrected chi connectivity index (χ4v) is 2.08. The molecule has 0 spiro atoms. The summed E-state index contributed by atoms with van der Waals surface area (Å²) in [6.45, 7) is 0. The van der Waals surface area contributed by atoms with Crippen LogP contribution in [0.3, 0.4) is 0 Å². The van der Waals surface area contributed by atoms with Crippen molar-refractivity contribution in [1.29, 1.82) is 0 Å². The summed E-state index contributed by atoms with van der Waals surface area (Å²) in [4.78, 5) is 11.6. The molecule has 1 aliphatic carbocycles. The van der Waals surface area contributed by atoms with Crippen LogP contribution in [0.15, 0.2) is 40.8 Å². The maximum Gasteiger partial charge on any atom is 0.220 e. The van der Waals surface area contributed by atoms with Crippen LogP contribution in [0.25, 0.3) is 11.3 Å². The fraction of sp³-hybridized carbons (Fsp3) is 0.312. The van der Waals surface area contributed by atoms with Gasteiger partial charge < -0.3 is 9.73 Å². The third-order valence-electron chi connectivity index (χ3n) is 3.34. The minimum atomic E-state index is -0.306. The zero-order chi connectivity index (χ0) is 13.9. The van der Waals surface area contributed by atoms with E-state index in [1.807, 2.05) is 0 Å². The predicted molar refractivity (Wildman–Crippen MR) is 73.6 cm³/mol. The first-order valence-electron chi connectivity index (χ1n) is 6.85. The minimum Gasteiger partial charge on any atom is -0.461 e.